The number of nitrogens with one attached hydrogen (secondary N) is 1. The number of hydrogen-bond donors (Lipinski definition) is 2. The van der Waals surface area contributed by atoms with E-state index in [4.69, 9.17) is 0 Å². The van der Waals surface area contributed by atoms with Crippen molar-refractivity contribution in [2.24, 2.45) is 17.3 Å². The molecule has 5 fully saturated rings. The molecular weight excluding hydrogens is 412 g/mol. The highest BCUT2D eigenvalue weighted by atomic mass is 32.2. The highest BCUT2D eigenvalue weighted by Crippen LogP contribution is 2.62. The fourth-order valence-electron chi connectivity index (χ4n) is 7.35. The molecule has 170 valence electrons. The van der Waals surface area contributed by atoms with E-state index < -0.39 is 15.6 Å². The summed E-state index contributed by atoms with van der Waals surface area (Å²) in [6, 6.07) is 7.02. The van der Waals surface area contributed by atoms with E-state index in [-0.39, 0.29) is 17.9 Å². The Morgan fingerprint density at radius 1 is 1.06 bits per heavy atom. The van der Waals surface area contributed by atoms with Crippen molar-refractivity contribution < 1.29 is 18.3 Å². The average molecular weight is 447 g/mol. The van der Waals surface area contributed by atoms with Crippen LogP contribution in [0.15, 0.2) is 29.2 Å². The summed E-state index contributed by atoms with van der Waals surface area (Å²) in [5.74, 6) is 1.07. The zero-order chi connectivity index (χ0) is 21.7. The molecule has 31 heavy (non-hydrogen) atoms. The minimum absolute atomic E-state index is 0.0317. The number of aliphatic hydroxyl groups is 1. The second kappa shape index (κ2) is 7.85. The molecule has 4 saturated carbocycles. The Morgan fingerprint density at radius 2 is 1.74 bits per heavy atom. The summed E-state index contributed by atoms with van der Waals surface area (Å²) in [5, 5.41) is 13.9. The van der Waals surface area contributed by atoms with E-state index in [0.29, 0.717) is 41.8 Å². The van der Waals surface area contributed by atoms with Crippen LogP contribution in [0.1, 0.15) is 69.8 Å². The molecule has 7 heteroatoms. The van der Waals surface area contributed by atoms with E-state index in [0.717, 1.165) is 51.4 Å². The molecule has 5 aliphatic rings. The molecular formula is C24H34N2O4S. The van der Waals surface area contributed by atoms with E-state index in [1.54, 1.807) is 22.5 Å². The van der Waals surface area contributed by atoms with Crippen LogP contribution < -0.4 is 5.32 Å². The van der Waals surface area contributed by atoms with Crippen LogP contribution in [0.3, 0.4) is 0 Å². The maximum atomic E-state index is 13.2. The molecule has 0 spiro atoms. The Balaban J connectivity index is 1.26. The summed E-state index contributed by atoms with van der Waals surface area (Å²) in [5.41, 5.74) is -0.00696. The molecule has 4 aliphatic carbocycles. The summed E-state index contributed by atoms with van der Waals surface area (Å²) in [6.07, 6.45) is 9.12. The number of rotatable bonds is 6. The maximum Gasteiger partial charge on any atom is 0.243 e. The van der Waals surface area contributed by atoms with Crippen molar-refractivity contribution >= 4 is 15.9 Å². The maximum absolute atomic E-state index is 13.2. The normalized spacial score (nSPS) is 35.3. The third kappa shape index (κ3) is 4.16. The fraction of sp³-hybridized carbons (Fsp3) is 0.708. The van der Waals surface area contributed by atoms with E-state index in [9.17, 15) is 18.3 Å². The highest BCUT2D eigenvalue weighted by molar-refractivity contribution is 7.89. The molecule has 6 nitrogen and oxygen atoms in total. The first-order chi connectivity index (χ1) is 14.8. The molecule has 2 N–H and O–H groups in total. The largest absolute Gasteiger partial charge is 0.390 e. The Kier molecular flexibility index (Phi) is 5.42. The Bertz CT molecular complexity index is 940. The van der Waals surface area contributed by atoms with Crippen LogP contribution in [0.4, 0.5) is 0 Å². The number of benzene rings is 1. The van der Waals surface area contributed by atoms with Gasteiger partial charge in [-0.1, -0.05) is 24.6 Å². The topological polar surface area (TPSA) is 86.7 Å². The third-order valence-electron chi connectivity index (χ3n) is 8.07. The summed E-state index contributed by atoms with van der Waals surface area (Å²) < 4.78 is 27.9. The molecule has 4 bridgehead atoms. The average Bonchev–Trinajstić information content (AvgIpc) is 2.71. The van der Waals surface area contributed by atoms with Crippen LogP contribution in [-0.2, 0) is 21.4 Å². The minimum Gasteiger partial charge on any atom is -0.390 e. The van der Waals surface area contributed by atoms with Gasteiger partial charge in [-0.25, -0.2) is 8.42 Å². The Morgan fingerprint density at radius 3 is 2.42 bits per heavy atom. The SMILES string of the molecule is O=C(CC12CC3CC(CC(O)(C3)C1)C2)NCc1ccccc1S(=O)(=O)N1CCCCC1. The van der Waals surface area contributed by atoms with Crippen LogP contribution >= 0.6 is 0 Å². The molecule has 6 rings (SSSR count). The second-order valence-electron chi connectivity index (χ2n) is 10.7. The van der Waals surface area contributed by atoms with E-state index in [2.05, 4.69) is 5.32 Å². The van der Waals surface area contributed by atoms with Gasteiger partial charge in [0.15, 0.2) is 0 Å². The molecule has 0 aromatic heterocycles. The number of hydrogen-bond acceptors (Lipinski definition) is 4. The van der Waals surface area contributed by atoms with Gasteiger partial charge in [0.1, 0.15) is 0 Å². The number of carbonyl (C=O) groups is 1. The van der Waals surface area contributed by atoms with Crippen molar-refractivity contribution in [1.29, 1.82) is 0 Å². The summed E-state index contributed by atoms with van der Waals surface area (Å²) in [4.78, 5) is 13.2. The monoisotopic (exact) mass is 446 g/mol. The highest BCUT2D eigenvalue weighted by Gasteiger charge is 2.57. The quantitative estimate of drug-likeness (QED) is 0.703. The molecule has 1 saturated heterocycles. The summed E-state index contributed by atoms with van der Waals surface area (Å²) in [7, 11) is -3.54. The number of carbonyl (C=O) groups excluding carboxylic acids is 1. The second-order valence-corrected chi connectivity index (χ2v) is 12.6. The predicted molar refractivity (Wildman–Crippen MR) is 118 cm³/mol. The van der Waals surface area contributed by atoms with Crippen molar-refractivity contribution in [3.05, 3.63) is 29.8 Å². The number of amides is 1. The molecule has 1 heterocycles. The number of sulfonamides is 1. The fourth-order valence-corrected chi connectivity index (χ4v) is 9.09. The van der Waals surface area contributed by atoms with Gasteiger partial charge in [-0.05, 0) is 80.2 Å². The number of piperidine rings is 1. The van der Waals surface area contributed by atoms with Crippen molar-refractivity contribution in [2.45, 2.75) is 81.2 Å². The number of nitrogens with zero attached hydrogens (tertiary/aromatic N) is 1. The van der Waals surface area contributed by atoms with Gasteiger partial charge in [-0.2, -0.15) is 4.31 Å². The summed E-state index contributed by atoms with van der Waals surface area (Å²) in [6.45, 7) is 1.35. The zero-order valence-electron chi connectivity index (χ0n) is 18.2. The Labute approximate surface area is 185 Å². The van der Waals surface area contributed by atoms with Gasteiger partial charge in [-0.15, -0.1) is 0 Å². The lowest BCUT2D eigenvalue weighted by atomic mass is 9.47. The zero-order valence-corrected chi connectivity index (χ0v) is 19.0. The molecule has 1 aromatic carbocycles. The van der Waals surface area contributed by atoms with E-state index in [1.165, 1.54) is 6.42 Å². The van der Waals surface area contributed by atoms with Crippen molar-refractivity contribution in [1.82, 2.24) is 9.62 Å². The minimum atomic E-state index is -3.54. The molecule has 1 aromatic rings. The van der Waals surface area contributed by atoms with Gasteiger partial charge in [0.2, 0.25) is 15.9 Å². The first kappa shape index (κ1) is 21.4. The van der Waals surface area contributed by atoms with E-state index in [1.807, 2.05) is 6.07 Å². The lowest BCUT2D eigenvalue weighted by Crippen LogP contribution is -2.56. The molecule has 2 unspecified atom stereocenters. The van der Waals surface area contributed by atoms with Crippen molar-refractivity contribution in [2.75, 3.05) is 13.1 Å². The smallest absolute Gasteiger partial charge is 0.243 e. The standard InChI is InChI=1S/C24H34N2O4S/c27-22(15-23-11-18-10-19(12-23)14-24(28,13-18)17-23)25-16-20-6-2-3-7-21(20)31(29,30)26-8-4-1-5-9-26/h2-3,6-7,18-19,28H,1,4-5,8-17H2,(H,25,27). The van der Waals surface area contributed by atoms with Gasteiger partial charge in [0, 0.05) is 26.1 Å². The third-order valence-corrected chi connectivity index (χ3v) is 10.1. The van der Waals surface area contributed by atoms with Gasteiger partial charge in [0.25, 0.3) is 0 Å². The van der Waals surface area contributed by atoms with E-state index >= 15 is 0 Å². The molecule has 1 amide bonds. The Hall–Kier alpha value is -1.44. The predicted octanol–water partition coefficient (Wildman–Crippen LogP) is 3.20. The van der Waals surface area contributed by atoms with Crippen molar-refractivity contribution in [3.8, 4) is 0 Å². The molecule has 1 aliphatic heterocycles. The van der Waals surface area contributed by atoms with Crippen LogP contribution in [0.25, 0.3) is 0 Å². The van der Waals surface area contributed by atoms with Crippen LogP contribution in [-0.4, -0.2) is 42.4 Å². The summed E-state index contributed by atoms with van der Waals surface area (Å²) >= 11 is 0. The van der Waals surface area contributed by atoms with Crippen LogP contribution in [0.2, 0.25) is 0 Å². The van der Waals surface area contributed by atoms with Crippen LogP contribution in [0.5, 0.6) is 0 Å². The van der Waals surface area contributed by atoms with Gasteiger partial charge in [0.05, 0.1) is 10.5 Å². The molecule has 2 atom stereocenters. The first-order valence-electron chi connectivity index (χ1n) is 11.8. The van der Waals surface area contributed by atoms with Gasteiger partial charge >= 0.3 is 0 Å². The molecule has 0 radical (unpaired) electrons. The lowest BCUT2D eigenvalue weighted by molar-refractivity contribution is -0.169. The lowest BCUT2D eigenvalue weighted by Gasteiger charge is -2.60. The van der Waals surface area contributed by atoms with Crippen molar-refractivity contribution in [3.63, 3.8) is 0 Å². The van der Waals surface area contributed by atoms with Gasteiger partial charge in [-0.3, -0.25) is 4.79 Å². The van der Waals surface area contributed by atoms with Gasteiger partial charge < -0.3 is 10.4 Å². The first-order valence-corrected chi connectivity index (χ1v) is 13.3. The van der Waals surface area contributed by atoms with Crippen LogP contribution in [0, 0.1) is 17.3 Å².